The van der Waals surface area contributed by atoms with Crippen molar-refractivity contribution in [1.29, 1.82) is 0 Å². The van der Waals surface area contributed by atoms with Crippen LogP contribution in [-0.2, 0) is 16.0 Å². The van der Waals surface area contributed by atoms with Crippen LogP contribution in [0.3, 0.4) is 0 Å². The van der Waals surface area contributed by atoms with Crippen molar-refractivity contribution in [3.63, 3.8) is 0 Å². The molecule has 1 saturated heterocycles. The number of likely N-dealkylation sites (tertiary alicyclic amines) is 1. The highest BCUT2D eigenvalue weighted by Gasteiger charge is 2.34. The summed E-state index contributed by atoms with van der Waals surface area (Å²) in [5.41, 5.74) is 0.753. The molecule has 0 aliphatic carbocycles. The summed E-state index contributed by atoms with van der Waals surface area (Å²) in [5, 5.41) is 3.00. The molecule has 138 valence electrons. The fourth-order valence-corrected chi connectivity index (χ4v) is 3.28. The van der Waals surface area contributed by atoms with Crippen molar-refractivity contribution in [2.45, 2.75) is 71.1 Å². The SMILES string of the molecule is CC(=O)N[C@@H]1CCN(C(=O)OC(C)(C)C)[C@@H](CCc2ccccc2)C1. The van der Waals surface area contributed by atoms with Gasteiger partial charge in [0.15, 0.2) is 0 Å². The zero-order valence-corrected chi connectivity index (χ0v) is 15.7. The number of rotatable bonds is 4. The average molecular weight is 346 g/mol. The quantitative estimate of drug-likeness (QED) is 0.907. The highest BCUT2D eigenvalue weighted by atomic mass is 16.6. The van der Waals surface area contributed by atoms with Crippen LogP contribution in [0.15, 0.2) is 30.3 Å². The van der Waals surface area contributed by atoms with Gasteiger partial charge in [0.05, 0.1) is 0 Å². The molecular weight excluding hydrogens is 316 g/mol. The lowest BCUT2D eigenvalue weighted by Gasteiger charge is -2.40. The number of benzene rings is 1. The van der Waals surface area contributed by atoms with Crippen molar-refractivity contribution >= 4 is 12.0 Å². The molecular formula is C20H30N2O3. The molecule has 0 aromatic heterocycles. The summed E-state index contributed by atoms with van der Waals surface area (Å²) in [7, 11) is 0. The Kier molecular flexibility index (Phi) is 6.45. The van der Waals surface area contributed by atoms with E-state index in [9.17, 15) is 9.59 Å². The molecule has 0 saturated carbocycles. The molecule has 2 amide bonds. The van der Waals surface area contributed by atoms with E-state index < -0.39 is 5.60 Å². The first-order valence-corrected chi connectivity index (χ1v) is 9.05. The van der Waals surface area contributed by atoms with Gasteiger partial charge in [-0.25, -0.2) is 4.79 Å². The predicted molar refractivity (Wildman–Crippen MR) is 98.3 cm³/mol. The standard InChI is InChI=1S/C20H30N2O3/c1-15(23)21-17-12-13-22(19(24)25-20(2,3)4)18(14-17)11-10-16-8-6-5-7-9-16/h5-9,17-18H,10-14H2,1-4H3,(H,21,23)/t17-,18+/m1/s1. The molecule has 1 aromatic carbocycles. The van der Waals surface area contributed by atoms with E-state index in [1.54, 1.807) is 6.92 Å². The van der Waals surface area contributed by atoms with E-state index in [0.717, 1.165) is 25.7 Å². The second-order valence-electron chi connectivity index (χ2n) is 7.77. The molecule has 5 nitrogen and oxygen atoms in total. The first-order valence-electron chi connectivity index (χ1n) is 9.05. The number of ether oxygens (including phenoxy) is 1. The minimum atomic E-state index is -0.504. The van der Waals surface area contributed by atoms with E-state index in [4.69, 9.17) is 4.74 Å². The van der Waals surface area contributed by atoms with Gasteiger partial charge in [0.25, 0.3) is 0 Å². The maximum atomic E-state index is 12.6. The summed E-state index contributed by atoms with van der Waals surface area (Å²) < 4.78 is 5.58. The number of nitrogens with one attached hydrogen (secondary N) is 1. The van der Waals surface area contributed by atoms with Crippen molar-refractivity contribution in [3.8, 4) is 0 Å². The predicted octanol–water partition coefficient (Wildman–Crippen LogP) is 3.52. The van der Waals surface area contributed by atoms with E-state index in [-0.39, 0.29) is 24.1 Å². The van der Waals surface area contributed by atoms with Gasteiger partial charge in [-0.15, -0.1) is 0 Å². The van der Waals surface area contributed by atoms with Crippen LogP contribution in [0.1, 0.15) is 52.5 Å². The Labute approximate surface area is 150 Å². The van der Waals surface area contributed by atoms with Crippen molar-refractivity contribution in [3.05, 3.63) is 35.9 Å². The Bertz CT molecular complexity index is 580. The number of piperidine rings is 1. The van der Waals surface area contributed by atoms with Gasteiger partial charge in [-0.3, -0.25) is 4.79 Å². The summed E-state index contributed by atoms with van der Waals surface area (Å²) >= 11 is 0. The van der Waals surface area contributed by atoms with E-state index in [2.05, 4.69) is 17.4 Å². The maximum absolute atomic E-state index is 12.6. The van der Waals surface area contributed by atoms with Gasteiger partial charge in [0.1, 0.15) is 5.60 Å². The summed E-state index contributed by atoms with van der Waals surface area (Å²) in [5.74, 6) is -0.0162. The Morgan fingerprint density at radius 2 is 1.92 bits per heavy atom. The second kappa shape index (κ2) is 8.37. The monoisotopic (exact) mass is 346 g/mol. The molecule has 1 aromatic rings. The highest BCUT2D eigenvalue weighted by Crippen LogP contribution is 2.24. The molecule has 0 unspecified atom stereocenters. The molecule has 1 aliphatic rings. The van der Waals surface area contributed by atoms with Crippen LogP contribution in [0.4, 0.5) is 4.79 Å². The zero-order chi connectivity index (χ0) is 18.4. The number of carbonyl (C=O) groups excluding carboxylic acids is 2. The van der Waals surface area contributed by atoms with Crippen molar-refractivity contribution in [2.75, 3.05) is 6.54 Å². The Morgan fingerprint density at radius 3 is 2.52 bits per heavy atom. The molecule has 0 spiro atoms. The number of hydrogen-bond donors (Lipinski definition) is 1. The molecule has 1 N–H and O–H groups in total. The van der Waals surface area contributed by atoms with Crippen LogP contribution in [0, 0.1) is 0 Å². The highest BCUT2D eigenvalue weighted by molar-refractivity contribution is 5.73. The van der Waals surface area contributed by atoms with Crippen LogP contribution in [0.2, 0.25) is 0 Å². The molecule has 2 rings (SSSR count). The first kappa shape index (κ1) is 19.3. The van der Waals surface area contributed by atoms with Gasteiger partial charge < -0.3 is 15.0 Å². The third kappa shape index (κ3) is 6.40. The maximum Gasteiger partial charge on any atom is 0.410 e. The normalized spacial score (nSPS) is 20.9. The molecule has 1 heterocycles. The van der Waals surface area contributed by atoms with Crippen LogP contribution >= 0.6 is 0 Å². The van der Waals surface area contributed by atoms with Crippen LogP contribution in [-0.4, -0.2) is 41.1 Å². The second-order valence-corrected chi connectivity index (χ2v) is 7.77. The van der Waals surface area contributed by atoms with E-state index >= 15 is 0 Å². The van der Waals surface area contributed by atoms with E-state index in [1.807, 2.05) is 43.9 Å². The lowest BCUT2D eigenvalue weighted by Crippen LogP contribution is -2.52. The Morgan fingerprint density at radius 1 is 1.24 bits per heavy atom. The topological polar surface area (TPSA) is 58.6 Å². The zero-order valence-electron chi connectivity index (χ0n) is 15.7. The smallest absolute Gasteiger partial charge is 0.410 e. The fourth-order valence-electron chi connectivity index (χ4n) is 3.28. The van der Waals surface area contributed by atoms with E-state index in [0.29, 0.717) is 6.54 Å². The van der Waals surface area contributed by atoms with E-state index in [1.165, 1.54) is 5.56 Å². The molecule has 0 radical (unpaired) electrons. The third-order valence-electron chi connectivity index (χ3n) is 4.36. The third-order valence-corrected chi connectivity index (χ3v) is 4.36. The summed E-state index contributed by atoms with van der Waals surface area (Å²) in [4.78, 5) is 25.8. The van der Waals surface area contributed by atoms with Crippen molar-refractivity contribution in [1.82, 2.24) is 10.2 Å². The molecule has 5 heteroatoms. The van der Waals surface area contributed by atoms with Crippen LogP contribution in [0.5, 0.6) is 0 Å². The van der Waals surface area contributed by atoms with Gasteiger partial charge in [0, 0.05) is 25.6 Å². The minimum absolute atomic E-state index is 0.0162. The Hall–Kier alpha value is -2.04. The average Bonchev–Trinajstić information content (AvgIpc) is 2.51. The van der Waals surface area contributed by atoms with Gasteiger partial charge >= 0.3 is 6.09 Å². The van der Waals surface area contributed by atoms with Crippen LogP contribution in [0.25, 0.3) is 0 Å². The summed E-state index contributed by atoms with van der Waals surface area (Å²) in [6, 6.07) is 10.5. The first-order chi connectivity index (χ1) is 11.7. The summed E-state index contributed by atoms with van der Waals surface area (Å²) in [6.07, 6.45) is 3.04. The van der Waals surface area contributed by atoms with Gasteiger partial charge in [-0.1, -0.05) is 30.3 Å². The number of aryl methyl sites for hydroxylation is 1. The number of nitrogens with zero attached hydrogens (tertiary/aromatic N) is 1. The number of hydrogen-bond acceptors (Lipinski definition) is 3. The molecule has 1 fully saturated rings. The number of carbonyl (C=O) groups is 2. The van der Waals surface area contributed by atoms with Crippen molar-refractivity contribution < 1.29 is 14.3 Å². The minimum Gasteiger partial charge on any atom is -0.444 e. The molecule has 1 aliphatic heterocycles. The van der Waals surface area contributed by atoms with Gasteiger partial charge in [0.2, 0.25) is 5.91 Å². The fraction of sp³-hybridized carbons (Fsp3) is 0.600. The van der Waals surface area contributed by atoms with Crippen molar-refractivity contribution in [2.24, 2.45) is 0 Å². The van der Waals surface area contributed by atoms with Crippen LogP contribution < -0.4 is 5.32 Å². The number of amides is 2. The Balaban J connectivity index is 2.04. The lowest BCUT2D eigenvalue weighted by molar-refractivity contribution is -0.120. The molecule has 25 heavy (non-hydrogen) atoms. The molecule has 2 atom stereocenters. The largest absolute Gasteiger partial charge is 0.444 e. The lowest BCUT2D eigenvalue weighted by atomic mass is 9.92. The van der Waals surface area contributed by atoms with Gasteiger partial charge in [-0.2, -0.15) is 0 Å². The molecule has 0 bridgehead atoms. The van der Waals surface area contributed by atoms with Gasteiger partial charge in [-0.05, 0) is 52.0 Å². The summed E-state index contributed by atoms with van der Waals surface area (Å²) in [6.45, 7) is 7.80.